The zero-order chi connectivity index (χ0) is 17.2. The molecule has 0 aromatic heterocycles. The van der Waals surface area contributed by atoms with E-state index in [0.717, 1.165) is 32.1 Å². The van der Waals surface area contributed by atoms with Crippen LogP contribution in [0.3, 0.4) is 0 Å². The van der Waals surface area contributed by atoms with E-state index < -0.39 is 5.41 Å². The minimum absolute atomic E-state index is 0.0278. The van der Waals surface area contributed by atoms with Crippen molar-refractivity contribution in [3.63, 3.8) is 0 Å². The molecule has 0 radical (unpaired) electrons. The van der Waals surface area contributed by atoms with Gasteiger partial charge in [-0.05, 0) is 50.4 Å². The maximum absolute atomic E-state index is 13.7. The summed E-state index contributed by atoms with van der Waals surface area (Å²) in [4.78, 5) is 27.1. The van der Waals surface area contributed by atoms with Crippen LogP contribution < -0.4 is 0 Å². The summed E-state index contributed by atoms with van der Waals surface area (Å²) in [5.74, 6) is 0.527. The van der Waals surface area contributed by atoms with Gasteiger partial charge in [0.25, 0.3) is 0 Å². The Hall–Kier alpha value is -0.660. The van der Waals surface area contributed by atoms with Crippen molar-refractivity contribution in [2.75, 3.05) is 0 Å². The van der Waals surface area contributed by atoms with Gasteiger partial charge in [-0.3, -0.25) is 9.59 Å². The Morgan fingerprint density at radius 1 is 0.727 bits per heavy atom. The summed E-state index contributed by atoms with van der Waals surface area (Å²) in [6.07, 6.45) is 5.73. The number of hydrogen-bond acceptors (Lipinski definition) is 2. The number of Topliss-reactive ketones (excluding diaryl/α,β-unsaturated/α-hetero) is 2. The molecule has 1 aliphatic rings. The number of ketones is 2. The van der Waals surface area contributed by atoms with Crippen LogP contribution in [0.15, 0.2) is 0 Å². The van der Waals surface area contributed by atoms with Crippen LogP contribution >= 0.6 is 0 Å². The average Bonchev–Trinajstić information content (AvgIpc) is 2.56. The van der Waals surface area contributed by atoms with E-state index in [1.54, 1.807) is 0 Å². The fourth-order valence-corrected chi connectivity index (χ4v) is 5.90. The molecule has 1 unspecified atom stereocenters. The van der Waals surface area contributed by atoms with Crippen molar-refractivity contribution in [1.29, 1.82) is 0 Å². The average molecular weight is 309 g/mol. The van der Waals surface area contributed by atoms with E-state index in [2.05, 4.69) is 34.6 Å². The van der Waals surface area contributed by atoms with Crippen LogP contribution in [-0.4, -0.2) is 11.6 Å². The van der Waals surface area contributed by atoms with E-state index in [-0.39, 0.29) is 28.3 Å². The first-order chi connectivity index (χ1) is 10.4. The monoisotopic (exact) mass is 308 g/mol. The molecular weight excluding hydrogens is 272 g/mol. The molecule has 0 spiro atoms. The van der Waals surface area contributed by atoms with E-state index in [4.69, 9.17) is 0 Å². The molecule has 1 rings (SSSR count). The molecule has 0 N–H and O–H groups in total. The first-order valence-electron chi connectivity index (χ1n) is 9.46. The Morgan fingerprint density at radius 2 is 1.18 bits per heavy atom. The summed E-state index contributed by atoms with van der Waals surface area (Å²) < 4.78 is 0. The van der Waals surface area contributed by atoms with Crippen molar-refractivity contribution < 1.29 is 9.59 Å². The molecule has 0 aromatic carbocycles. The summed E-state index contributed by atoms with van der Waals surface area (Å²) in [7, 11) is 0. The quantitative estimate of drug-likeness (QED) is 0.575. The Morgan fingerprint density at radius 3 is 1.45 bits per heavy atom. The van der Waals surface area contributed by atoms with Crippen LogP contribution in [0.2, 0.25) is 0 Å². The summed E-state index contributed by atoms with van der Waals surface area (Å²) in [6, 6.07) is 0. The number of hydrogen-bond donors (Lipinski definition) is 0. The zero-order valence-corrected chi connectivity index (χ0v) is 15.8. The smallest absolute Gasteiger partial charge is 0.153 e. The van der Waals surface area contributed by atoms with Gasteiger partial charge in [-0.2, -0.15) is 0 Å². The van der Waals surface area contributed by atoms with Gasteiger partial charge in [-0.15, -0.1) is 0 Å². The van der Waals surface area contributed by atoms with E-state index in [1.807, 2.05) is 13.8 Å². The molecule has 0 aliphatic heterocycles. The van der Waals surface area contributed by atoms with Crippen LogP contribution in [0.5, 0.6) is 0 Å². The molecule has 2 heteroatoms. The second kappa shape index (κ2) is 6.84. The molecule has 0 aromatic rings. The Labute approximate surface area is 137 Å². The topological polar surface area (TPSA) is 34.1 Å². The summed E-state index contributed by atoms with van der Waals surface area (Å²) in [6.45, 7) is 14.8. The standard InChI is InChI=1S/C20H36O2/c1-8-15-16(21)18(9-2,10-3)17(22)20(13-6,14-7)19(15,11-4)12-5/h15H,8-14H2,1-7H3. The third kappa shape index (κ3) is 2.05. The molecule has 0 amide bonds. The highest BCUT2D eigenvalue weighted by Crippen LogP contribution is 2.64. The highest BCUT2D eigenvalue weighted by atomic mass is 16.2. The molecule has 1 fully saturated rings. The van der Waals surface area contributed by atoms with Gasteiger partial charge in [-0.25, -0.2) is 0 Å². The number of rotatable bonds is 7. The number of carbonyl (C=O) groups is 2. The highest BCUT2D eigenvalue weighted by molar-refractivity contribution is 6.13. The van der Waals surface area contributed by atoms with E-state index in [9.17, 15) is 9.59 Å². The molecule has 1 atom stereocenters. The van der Waals surface area contributed by atoms with Crippen LogP contribution in [0.4, 0.5) is 0 Å². The third-order valence-corrected chi connectivity index (χ3v) is 7.36. The van der Waals surface area contributed by atoms with Gasteiger partial charge in [0, 0.05) is 11.3 Å². The fourth-order valence-electron chi connectivity index (χ4n) is 5.90. The molecule has 0 saturated heterocycles. The molecule has 1 aliphatic carbocycles. The van der Waals surface area contributed by atoms with Gasteiger partial charge in [0.05, 0.1) is 5.41 Å². The van der Waals surface area contributed by atoms with Gasteiger partial charge >= 0.3 is 0 Å². The Bertz CT molecular complexity index is 409. The molecular formula is C20H36O2. The number of carbonyl (C=O) groups excluding carboxylic acids is 2. The first kappa shape index (κ1) is 19.4. The SMILES string of the molecule is CCC1C(=O)C(CC)(CC)C(=O)C(CC)(CC)C1(CC)CC. The first-order valence-corrected chi connectivity index (χ1v) is 9.46. The maximum atomic E-state index is 13.7. The predicted octanol–water partition coefficient (Wildman–Crippen LogP) is 5.58. The Balaban J connectivity index is 3.75. The van der Waals surface area contributed by atoms with Crippen molar-refractivity contribution >= 4 is 11.6 Å². The lowest BCUT2D eigenvalue weighted by Crippen LogP contribution is -2.65. The lowest BCUT2D eigenvalue weighted by atomic mass is 9.40. The van der Waals surface area contributed by atoms with Crippen LogP contribution in [0.25, 0.3) is 0 Å². The van der Waals surface area contributed by atoms with Gasteiger partial charge in [0.15, 0.2) is 5.78 Å². The maximum Gasteiger partial charge on any atom is 0.153 e. The predicted molar refractivity (Wildman–Crippen MR) is 92.8 cm³/mol. The third-order valence-electron chi connectivity index (χ3n) is 7.36. The normalized spacial score (nSPS) is 26.2. The second-order valence-electron chi connectivity index (χ2n) is 7.10. The van der Waals surface area contributed by atoms with Gasteiger partial charge < -0.3 is 0 Å². The second-order valence-corrected chi connectivity index (χ2v) is 7.10. The van der Waals surface area contributed by atoms with Crippen molar-refractivity contribution in [2.45, 2.75) is 93.4 Å². The van der Waals surface area contributed by atoms with Crippen LogP contribution in [0, 0.1) is 22.2 Å². The Kier molecular flexibility index (Phi) is 6.03. The van der Waals surface area contributed by atoms with Gasteiger partial charge in [0.1, 0.15) is 5.78 Å². The highest BCUT2D eigenvalue weighted by Gasteiger charge is 2.67. The van der Waals surface area contributed by atoms with Crippen molar-refractivity contribution in [1.82, 2.24) is 0 Å². The molecule has 0 heterocycles. The fraction of sp³-hybridized carbons (Fsp3) is 0.900. The van der Waals surface area contributed by atoms with Gasteiger partial charge in [-0.1, -0.05) is 48.5 Å². The van der Waals surface area contributed by atoms with Crippen LogP contribution in [0.1, 0.15) is 93.4 Å². The van der Waals surface area contributed by atoms with Crippen LogP contribution in [-0.2, 0) is 9.59 Å². The van der Waals surface area contributed by atoms with Crippen molar-refractivity contribution in [3.8, 4) is 0 Å². The minimum Gasteiger partial charge on any atom is -0.298 e. The minimum atomic E-state index is -0.736. The van der Waals surface area contributed by atoms with Crippen molar-refractivity contribution in [3.05, 3.63) is 0 Å². The lowest BCUT2D eigenvalue weighted by Gasteiger charge is -2.60. The molecule has 22 heavy (non-hydrogen) atoms. The summed E-state index contributed by atoms with van der Waals surface area (Å²) in [5.41, 5.74) is -1.23. The molecule has 2 nitrogen and oxygen atoms in total. The summed E-state index contributed by atoms with van der Waals surface area (Å²) in [5, 5.41) is 0. The van der Waals surface area contributed by atoms with Gasteiger partial charge in [0.2, 0.25) is 0 Å². The van der Waals surface area contributed by atoms with Crippen molar-refractivity contribution in [2.24, 2.45) is 22.2 Å². The molecule has 128 valence electrons. The lowest BCUT2D eigenvalue weighted by molar-refractivity contribution is -0.179. The van der Waals surface area contributed by atoms with E-state index >= 15 is 0 Å². The molecule has 1 saturated carbocycles. The largest absolute Gasteiger partial charge is 0.298 e. The van der Waals surface area contributed by atoms with E-state index in [1.165, 1.54) is 0 Å². The molecule has 0 bridgehead atoms. The van der Waals surface area contributed by atoms with E-state index in [0.29, 0.717) is 12.8 Å². The zero-order valence-electron chi connectivity index (χ0n) is 15.8. The summed E-state index contributed by atoms with van der Waals surface area (Å²) >= 11 is 0.